The second kappa shape index (κ2) is 7.13. The van der Waals surface area contributed by atoms with E-state index in [-0.39, 0.29) is 11.3 Å². The van der Waals surface area contributed by atoms with Crippen LogP contribution >= 0.6 is 0 Å². The molecule has 0 saturated heterocycles. The van der Waals surface area contributed by atoms with Crippen LogP contribution in [-0.4, -0.2) is 35.7 Å². The number of urea groups is 1. The molecular weight excluding hydrogens is 264 g/mol. The zero-order valence-corrected chi connectivity index (χ0v) is 11.2. The standard InChI is InChI=1S/C13H16N2O5/c1-3-14-13(19)15-11(16)8(2)20-10-7-5-4-6-9(10)12(17)18/h4-8H,3H2,1-2H3,(H,17,18)(H2,14,15,16,19). The summed E-state index contributed by atoms with van der Waals surface area (Å²) in [4.78, 5) is 33.9. The third-order valence-electron chi connectivity index (χ3n) is 2.36. The van der Waals surface area contributed by atoms with Crippen molar-refractivity contribution in [2.45, 2.75) is 20.0 Å². The lowest BCUT2D eigenvalue weighted by molar-refractivity contribution is -0.126. The number of carbonyl (C=O) groups excluding carboxylic acids is 2. The Hall–Kier alpha value is -2.57. The highest BCUT2D eigenvalue weighted by molar-refractivity contribution is 5.96. The number of hydrogen-bond acceptors (Lipinski definition) is 4. The highest BCUT2D eigenvalue weighted by atomic mass is 16.5. The largest absolute Gasteiger partial charge is 0.480 e. The maximum absolute atomic E-state index is 11.7. The first-order chi connectivity index (χ1) is 9.45. The van der Waals surface area contributed by atoms with Gasteiger partial charge in [-0.25, -0.2) is 9.59 Å². The normalized spacial score (nSPS) is 11.3. The number of nitrogens with one attached hydrogen (secondary N) is 2. The summed E-state index contributed by atoms with van der Waals surface area (Å²) in [5.74, 6) is -1.74. The Bertz CT molecular complexity index is 515. The Kier molecular flexibility index (Phi) is 5.52. The lowest BCUT2D eigenvalue weighted by Crippen LogP contribution is -2.45. The average molecular weight is 280 g/mol. The van der Waals surface area contributed by atoms with Crippen LogP contribution in [0.2, 0.25) is 0 Å². The molecule has 0 aliphatic heterocycles. The molecule has 3 N–H and O–H groups in total. The molecule has 1 rings (SSSR count). The molecule has 7 heteroatoms. The van der Waals surface area contributed by atoms with Crippen LogP contribution in [0.25, 0.3) is 0 Å². The van der Waals surface area contributed by atoms with Gasteiger partial charge in [0.25, 0.3) is 5.91 Å². The Morgan fingerprint density at radius 3 is 2.55 bits per heavy atom. The van der Waals surface area contributed by atoms with E-state index in [1.807, 2.05) is 0 Å². The number of carbonyl (C=O) groups is 3. The van der Waals surface area contributed by atoms with E-state index >= 15 is 0 Å². The number of benzene rings is 1. The fraction of sp³-hybridized carbons (Fsp3) is 0.308. The monoisotopic (exact) mass is 280 g/mol. The van der Waals surface area contributed by atoms with Crippen LogP contribution < -0.4 is 15.4 Å². The van der Waals surface area contributed by atoms with E-state index in [0.717, 1.165) is 0 Å². The minimum atomic E-state index is -1.16. The predicted octanol–water partition coefficient (Wildman–Crippen LogP) is 0.998. The van der Waals surface area contributed by atoms with E-state index in [9.17, 15) is 14.4 Å². The Morgan fingerprint density at radius 2 is 1.95 bits per heavy atom. The molecule has 1 unspecified atom stereocenters. The van der Waals surface area contributed by atoms with Gasteiger partial charge in [0, 0.05) is 6.54 Å². The predicted molar refractivity (Wildman–Crippen MR) is 70.7 cm³/mol. The maximum atomic E-state index is 11.7. The average Bonchev–Trinajstić information content (AvgIpc) is 2.39. The number of aromatic carboxylic acids is 1. The minimum Gasteiger partial charge on any atom is -0.480 e. The molecule has 0 heterocycles. The topological polar surface area (TPSA) is 105 Å². The molecule has 108 valence electrons. The molecule has 0 radical (unpaired) electrons. The molecule has 3 amide bonds. The fourth-order valence-electron chi connectivity index (χ4n) is 1.41. The van der Waals surface area contributed by atoms with Crippen molar-refractivity contribution in [2.75, 3.05) is 6.54 Å². The van der Waals surface area contributed by atoms with Crippen molar-refractivity contribution in [1.29, 1.82) is 0 Å². The third-order valence-corrected chi connectivity index (χ3v) is 2.36. The summed E-state index contributed by atoms with van der Waals surface area (Å²) >= 11 is 0. The summed E-state index contributed by atoms with van der Waals surface area (Å²) in [5.41, 5.74) is -0.0508. The molecule has 20 heavy (non-hydrogen) atoms. The highest BCUT2D eigenvalue weighted by Gasteiger charge is 2.19. The van der Waals surface area contributed by atoms with Crippen LogP contribution in [0.4, 0.5) is 4.79 Å². The summed E-state index contributed by atoms with van der Waals surface area (Å²) in [6, 6.07) is 5.33. The summed E-state index contributed by atoms with van der Waals surface area (Å²) in [7, 11) is 0. The van der Waals surface area contributed by atoms with Gasteiger partial charge in [-0.2, -0.15) is 0 Å². The number of ether oxygens (including phenoxy) is 1. The molecule has 0 aromatic heterocycles. The van der Waals surface area contributed by atoms with Crippen molar-refractivity contribution in [3.8, 4) is 5.75 Å². The van der Waals surface area contributed by atoms with E-state index in [2.05, 4.69) is 10.6 Å². The van der Waals surface area contributed by atoms with Crippen LogP contribution in [0.15, 0.2) is 24.3 Å². The summed E-state index contributed by atoms with van der Waals surface area (Å²) in [6.45, 7) is 3.52. The van der Waals surface area contributed by atoms with E-state index < -0.39 is 24.0 Å². The van der Waals surface area contributed by atoms with Crippen molar-refractivity contribution in [3.05, 3.63) is 29.8 Å². The second-order valence-corrected chi connectivity index (χ2v) is 3.91. The van der Waals surface area contributed by atoms with E-state index in [1.54, 1.807) is 19.1 Å². The SMILES string of the molecule is CCNC(=O)NC(=O)C(C)Oc1ccccc1C(=O)O. The van der Waals surface area contributed by atoms with E-state index in [0.29, 0.717) is 6.54 Å². The molecular formula is C13H16N2O5. The van der Waals surface area contributed by atoms with Gasteiger partial charge in [-0.3, -0.25) is 10.1 Å². The molecule has 7 nitrogen and oxygen atoms in total. The number of carboxylic acid groups (broad SMARTS) is 1. The van der Waals surface area contributed by atoms with Crippen LogP contribution in [-0.2, 0) is 4.79 Å². The highest BCUT2D eigenvalue weighted by Crippen LogP contribution is 2.19. The van der Waals surface area contributed by atoms with Gasteiger partial charge in [0.1, 0.15) is 11.3 Å². The lowest BCUT2D eigenvalue weighted by atomic mass is 10.2. The molecule has 1 atom stereocenters. The number of carboxylic acids is 1. The third kappa shape index (κ3) is 4.27. The quantitative estimate of drug-likeness (QED) is 0.746. The van der Waals surface area contributed by atoms with Gasteiger partial charge in [-0.15, -0.1) is 0 Å². The second-order valence-electron chi connectivity index (χ2n) is 3.91. The van der Waals surface area contributed by atoms with Gasteiger partial charge >= 0.3 is 12.0 Å². The van der Waals surface area contributed by atoms with Gasteiger partial charge in [-0.05, 0) is 26.0 Å². The molecule has 0 spiro atoms. The summed E-state index contributed by atoms with van der Waals surface area (Å²) < 4.78 is 5.27. The first kappa shape index (κ1) is 15.5. The van der Waals surface area contributed by atoms with Gasteiger partial charge < -0.3 is 15.2 Å². The van der Waals surface area contributed by atoms with Crippen LogP contribution in [0.3, 0.4) is 0 Å². The van der Waals surface area contributed by atoms with E-state index in [1.165, 1.54) is 19.1 Å². The number of amides is 3. The van der Waals surface area contributed by atoms with Crippen molar-refractivity contribution < 1.29 is 24.2 Å². The van der Waals surface area contributed by atoms with Crippen LogP contribution in [0.5, 0.6) is 5.75 Å². The molecule has 0 bridgehead atoms. The van der Waals surface area contributed by atoms with Crippen molar-refractivity contribution in [1.82, 2.24) is 10.6 Å². The van der Waals surface area contributed by atoms with Crippen molar-refractivity contribution in [2.24, 2.45) is 0 Å². The Morgan fingerprint density at radius 1 is 1.30 bits per heavy atom. The van der Waals surface area contributed by atoms with Crippen LogP contribution in [0.1, 0.15) is 24.2 Å². The van der Waals surface area contributed by atoms with Crippen LogP contribution in [0, 0.1) is 0 Å². The fourth-order valence-corrected chi connectivity index (χ4v) is 1.41. The summed E-state index contributed by atoms with van der Waals surface area (Å²) in [6.07, 6.45) is -1.00. The van der Waals surface area contributed by atoms with Gasteiger partial charge in [0.15, 0.2) is 6.10 Å². The number of rotatable bonds is 5. The lowest BCUT2D eigenvalue weighted by Gasteiger charge is -2.15. The van der Waals surface area contributed by atoms with Gasteiger partial charge in [0.05, 0.1) is 0 Å². The first-order valence-electron chi connectivity index (χ1n) is 6.03. The number of imide groups is 1. The molecule has 0 saturated carbocycles. The van der Waals surface area contributed by atoms with Crippen molar-refractivity contribution in [3.63, 3.8) is 0 Å². The number of para-hydroxylation sites is 1. The molecule has 0 aliphatic rings. The smallest absolute Gasteiger partial charge is 0.339 e. The maximum Gasteiger partial charge on any atom is 0.339 e. The minimum absolute atomic E-state index is 0.0508. The van der Waals surface area contributed by atoms with Crippen molar-refractivity contribution >= 4 is 17.9 Å². The first-order valence-corrected chi connectivity index (χ1v) is 6.03. The Balaban J connectivity index is 2.71. The Labute approximate surface area is 115 Å². The zero-order chi connectivity index (χ0) is 15.1. The summed E-state index contributed by atoms with van der Waals surface area (Å²) in [5, 5.41) is 13.5. The zero-order valence-electron chi connectivity index (χ0n) is 11.2. The molecule has 1 aromatic carbocycles. The molecule has 0 aliphatic carbocycles. The van der Waals surface area contributed by atoms with Gasteiger partial charge in [-0.1, -0.05) is 12.1 Å². The molecule has 1 aromatic rings. The van der Waals surface area contributed by atoms with E-state index in [4.69, 9.17) is 9.84 Å². The number of hydrogen-bond donors (Lipinski definition) is 3. The van der Waals surface area contributed by atoms with Gasteiger partial charge in [0.2, 0.25) is 0 Å². The molecule has 0 fully saturated rings.